The van der Waals surface area contributed by atoms with Gasteiger partial charge in [-0.05, 0) is 53.6 Å². The van der Waals surface area contributed by atoms with Crippen LogP contribution in [0.5, 0.6) is 0 Å². The van der Waals surface area contributed by atoms with E-state index < -0.39 is 0 Å². The van der Waals surface area contributed by atoms with Crippen LogP contribution in [0.15, 0.2) is 182 Å². The van der Waals surface area contributed by atoms with Crippen molar-refractivity contribution in [3.05, 3.63) is 182 Å². The highest BCUT2D eigenvalue weighted by Gasteiger charge is 2.21. The van der Waals surface area contributed by atoms with Crippen molar-refractivity contribution in [2.24, 2.45) is 0 Å². The Bertz CT molecular complexity index is 3410. The number of nitrogens with zero attached hydrogens (tertiary/aromatic N) is 4. The largest absolute Gasteiger partial charge is 0.309 e. The number of benzene rings is 8. The summed E-state index contributed by atoms with van der Waals surface area (Å²) in [5.41, 5.74) is 8.97. The molecule has 0 aliphatic rings. The third-order valence-corrected chi connectivity index (χ3v) is 13.3. The predicted octanol–water partition coefficient (Wildman–Crippen LogP) is 14.4. The lowest BCUT2D eigenvalue weighted by Crippen LogP contribution is -2.00. The second-order valence-corrected chi connectivity index (χ2v) is 16.5. The highest BCUT2D eigenvalue weighted by atomic mass is 32.1. The Balaban J connectivity index is 1.08. The third kappa shape index (κ3) is 5.08. The summed E-state index contributed by atoms with van der Waals surface area (Å²) < 4.78 is 7.39. The number of aromatic nitrogens is 4. The number of rotatable bonds is 5. The first-order valence-electron chi connectivity index (χ1n) is 19.0. The van der Waals surface area contributed by atoms with E-state index in [1.54, 1.807) is 0 Å². The number of hydrogen-bond donors (Lipinski definition) is 0. The van der Waals surface area contributed by atoms with Gasteiger partial charge in [0.1, 0.15) is 0 Å². The quantitative estimate of drug-likeness (QED) is 0.175. The first kappa shape index (κ1) is 32.3. The minimum Gasteiger partial charge on any atom is -0.309 e. The van der Waals surface area contributed by atoms with Crippen LogP contribution in [0.3, 0.4) is 0 Å². The summed E-state index contributed by atoms with van der Waals surface area (Å²) in [4.78, 5) is 15.3. The summed E-state index contributed by atoms with van der Waals surface area (Å²) in [6, 6.07) is 64.8. The maximum absolute atomic E-state index is 5.17. The van der Waals surface area contributed by atoms with Crippen LogP contribution in [-0.2, 0) is 0 Å². The molecule has 0 unspecified atom stereocenters. The molecule has 0 N–H and O–H groups in total. The maximum atomic E-state index is 5.17. The lowest BCUT2D eigenvalue weighted by Gasteiger charge is -2.11. The molecule has 0 bridgehead atoms. The molecule has 57 heavy (non-hydrogen) atoms. The smallest absolute Gasteiger partial charge is 0.164 e. The summed E-state index contributed by atoms with van der Waals surface area (Å²) >= 11 is 3.69. The topological polar surface area (TPSA) is 43.6 Å². The molecular formula is C51H30N4S2. The first-order chi connectivity index (χ1) is 28.3. The fourth-order valence-corrected chi connectivity index (χ4v) is 10.9. The standard InChI is InChI=1S/C51H30N4S2/c1-3-14-31(15-4-1)49-52-50(32-16-5-2-6-17-32)54-51(53-49)39-22-13-27-44-48(39)47-37(21-12-26-43(47)56-44)36-20-11-25-42-46(36)38-29-28-33(30-45(38)57-42)55-40-23-9-7-18-34(40)35-19-8-10-24-41(35)55/h1-30H. The van der Waals surface area contributed by atoms with Gasteiger partial charge in [-0.3, -0.25) is 0 Å². The van der Waals surface area contributed by atoms with Gasteiger partial charge in [0.25, 0.3) is 0 Å². The third-order valence-electron chi connectivity index (χ3n) is 11.1. The molecule has 6 heteroatoms. The Hall–Kier alpha value is -6.99. The van der Waals surface area contributed by atoms with Gasteiger partial charge in [0.15, 0.2) is 17.5 Å². The number of para-hydroxylation sites is 2. The van der Waals surface area contributed by atoms with Gasteiger partial charge in [-0.1, -0.05) is 140 Å². The van der Waals surface area contributed by atoms with Crippen molar-refractivity contribution in [3.63, 3.8) is 0 Å². The molecule has 0 saturated carbocycles. The van der Waals surface area contributed by atoms with Gasteiger partial charge in [-0.25, -0.2) is 15.0 Å². The molecule has 0 saturated heterocycles. The van der Waals surface area contributed by atoms with E-state index in [2.05, 4.69) is 150 Å². The van der Waals surface area contributed by atoms with Crippen molar-refractivity contribution in [1.82, 2.24) is 19.5 Å². The van der Waals surface area contributed by atoms with E-state index in [1.165, 1.54) is 79.0 Å². The van der Waals surface area contributed by atoms with Gasteiger partial charge in [0, 0.05) is 73.5 Å². The molecule has 0 radical (unpaired) electrons. The average molecular weight is 763 g/mol. The average Bonchev–Trinajstić information content (AvgIpc) is 3.96. The fourth-order valence-electron chi connectivity index (χ4n) is 8.59. The van der Waals surface area contributed by atoms with E-state index in [-0.39, 0.29) is 0 Å². The van der Waals surface area contributed by atoms with E-state index in [0.29, 0.717) is 17.5 Å². The van der Waals surface area contributed by atoms with E-state index in [1.807, 2.05) is 59.1 Å². The zero-order chi connectivity index (χ0) is 37.5. The molecule has 12 rings (SSSR count). The Morgan fingerprint density at radius 3 is 1.42 bits per heavy atom. The van der Waals surface area contributed by atoms with Gasteiger partial charge < -0.3 is 4.57 Å². The van der Waals surface area contributed by atoms with Crippen LogP contribution >= 0.6 is 22.7 Å². The minimum atomic E-state index is 0.658. The Kier molecular flexibility index (Phi) is 7.24. The number of thiophene rings is 2. The van der Waals surface area contributed by atoms with Crippen molar-refractivity contribution in [2.75, 3.05) is 0 Å². The Morgan fingerprint density at radius 1 is 0.333 bits per heavy atom. The van der Waals surface area contributed by atoms with Crippen LogP contribution in [0.2, 0.25) is 0 Å². The van der Waals surface area contributed by atoms with E-state index in [9.17, 15) is 0 Å². The van der Waals surface area contributed by atoms with Crippen LogP contribution < -0.4 is 0 Å². The molecule has 4 nitrogen and oxygen atoms in total. The van der Waals surface area contributed by atoms with Gasteiger partial charge in [-0.2, -0.15) is 0 Å². The van der Waals surface area contributed by atoms with E-state index in [0.717, 1.165) is 16.7 Å². The lowest BCUT2D eigenvalue weighted by molar-refractivity contribution is 1.08. The normalized spacial score (nSPS) is 11.9. The summed E-state index contributed by atoms with van der Waals surface area (Å²) in [7, 11) is 0. The fraction of sp³-hybridized carbons (Fsp3) is 0. The number of hydrogen-bond acceptors (Lipinski definition) is 5. The highest BCUT2D eigenvalue weighted by molar-refractivity contribution is 7.26. The Morgan fingerprint density at radius 2 is 0.807 bits per heavy atom. The van der Waals surface area contributed by atoms with Crippen LogP contribution in [-0.4, -0.2) is 19.5 Å². The summed E-state index contributed by atoms with van der Waals surface area (Å²) in [6.07, 6.45) is 0. The summed E-state index contributed by atoms with van der Waals surface area (Å²) in [5, 5.41) is 7.49. The minimum absolute atomic E-state index is 0.658. The summed E-state index contributed by atoms with van der Waals surface area (Å²) in [6.45, 7) is 0. The second kappa shape index (κ2) is 12.8. The molecule has 8 aromatic carbocycles. The molecule has 0 aliphatic carbocycles. The van der Waals surface area contributed by atoms with Gasteiger partial charge in [-0.15, -0.1) is 22.7 Å². The molecule has 0 fully saturated rings. The number of fused-ring (bicyclic) bond motifs is 9. The van der Waals surface area contributed by atoms with Crippen LogP contribution in [0.1, 0.15) is 0 Å². The molecule has 12 aromatic rings. The molecule has 0 spiro atoms. The predicted molar refractivity (Wildman–Crippen MR) is 242 cm³/mol. The van der Waals surface area contributed by atoms with Gasteiger partial charge in [0.2, 0.25) is 0 Å². The molecular weight excluding hydrogens is 733 g/mol. The monoisotopic (exact) mass is 762 g/mol. The van der Waals surface area contributed by atoms with Gasteiger partial charge in [0.05, 0.1) is 11.0 Å². The SMILES string of the molecule is c1ccc(-c2nc(-c3ccccc3)nc(-c3cccc4sc5cccc(-c6cccc7sc8cc(-n9c%10ccccc%10c%10ccccc%109)ccc8c67)c5c34)n2)cc1. The van der Waals surface area contributed by atoms with Crippen molar-refractivity contribution in [1.29, 1.82) is 0 Å². The molecule has 4 heterocycles. The summed E-state index contributed by atoms with van der Waals surface area (Å²) in [5.74, 6) is 1.98. The first-order valence-corrected chi connectivity index (χ1v) is 20.7. The maximum Gasteiger partial charge on any atom is 0.164 e. The molecule has 0 atom stereocenters. The van der Waals surface area contributed by atoms with E-state index >= 15 is 0 Å². The van der Waals surface area contributed by atoms with Crippen molar-refractivity contribution < 1.29 is 0 Å². The molecule has 266 valence electrons. The van der Waals surface area contributed by atoms with Crippen molar-refractivity contribution >= 4 is 84.8 Å². The van der Waals surface area contributed by atoms with Crippen LogP contribution in [0.4, 0.5) is 0 Å². The second-order valence-electron chi connectivity index (χ2n) is 14.3. The molecule has 0 aliphatic heterocycles. The lowest BCUT2D eigenvalue weighted by atomic mass is 9.94. The highest BCUT2D eigenvalue weighted by Crippen LogP contribution is 2.48. The van der Waals surface area contributed by atoms with Crippen molar-refractivity contribution in [2.45, 2.75) is 0 Å². The van der Waals surface area contributed by atoms with Crippen molar-refractivity contribution in [3.8, 4) is 51.0 Å². The zero-order valence-electron chi connectivity index (χ0n) is 30.4. The van der Waals surface area contributed by atoms with Crippen LogP contribution in [0.25, 0.3) is 113 Å². The molecule has 0 amide bonds. The van der Waals surface area contributed by atoms with Crippen LogP contribution in [0, 0.1) is 0 Å². The van der Waals surface area contributed by atoms with E-state index in [4.69, 9.17) is 15.0 Å². The van der Waals surface area contributed by atoms with Gasteiger partial charge >= 0.3 is 0 Å². The zero-order valence-corrected chi connectivity index (χ0v) is 32.1. The molecule has 4 aromatic heterocycles. The Labute approximate surface area is 335 Å².